The molecule has 2 aromatic carbocycles. The first-order chi connectivity index (χ1) is 24.1. The van der Waals surface area contributed by atoms with E-state index in [-0.39, 0.29) is 25.0 Å². The fourth-order valence-electron chi connectivity index (χ4n) is 4.81. The highest BCUT2D eigenvalue weighted by Gasteiger charge is 2.09. The Morgan fingerprint density at radius 3 is 1.84 bits per heavy atom. The predicted molar refractivity (Wildman–Crippen MR) is 185 cm³/mol. The molecule has 0 atom stereocenters. The van der Waals surface area contributed by atoms with E-state index in [0.717, 1.165) is 34.0 Å². The number of aromatic nitrogens is 4. The SMILES string of the molecule is O=C(NCCc1ccccn1)c1ccc(COc2cccc(-c3ccc(CNC(=O)c4ccc(COc5ccccc5)nc4)nc3)c2)nc1. The summed E-state index contributed by atoms with van der Waals surface area (Å²) in [7, 11) is 0. The molecule has 2 N–H and O–H groups in total. The second kappa shape index (κ2) is 16.4. The summed E-state index contributed by atoms with van der Waals surface area (Å²) in [6.45, 7) is 1.34. The maximum Gasteiger partial charge on any atom is 0.253 e. The van der Waals surface area contributed by atoms with Crippen LogP contribution in [0.1, 0.15) is 43.5 Å². The zero-order chi connectivity index (χ0) is 33.7. The van der Waals surface area contributed by atoms with Crippen molar-refractivity contribution in [3.8, 4) is 22.6 Å². The summed E-state index contributed by atoms with van der Waals surface area (Å²) < 4.78 is 11.7. The number of hydrogen-bond acceptors (Lipinski definition) is 8. The molecule has 0 saturated carbocycles. The Labute approximate surface area is 284 Å². The number of carbonyl (C=O) groups excluding carboxylic acids is 2. The van der Waals surface area contributed by atoms with Crippen LogP contribution in [0, 0.1) is 0 Å². The van der Waals surface area contributed by atoms with Crippen LogP contribution in [0.15, 0.2) is 134 Å². The lowest BCUT2D eigenvalue weighted by Crippen LogP contribution is -2.26. The number of nitrogens with zero attached hydrogens (tertiary/aromatic N) is 4. The van der Waals surface area contributed by atoms with Gasteiger partial charge < -0.3 is 20.1 Å². The number of carbonyl (C=O) groups is 2. The molecular weight excluding hydrogens is 616 g/mol. The Balaban J connectivity index is 0.948. The van der Waals surface area contributed by atoms with Gasteiger partial charge in [-0.25, -0.2) is 0 Å². The van der Waals surface area contributed by atoms with Crippen molar-refractivity contribution >= 4 is 11.8 Å². The van der Waals surface area contributed by atoms with Crippen LogP contribution >= 0.6 is 0 Å². The van der Waals surface area contributed by atoms with Crippen LogP contribution in [0.2, 0.25) is 0 Å². The topological polar surface area (TPSA) is 128 Å². The largest absolute Gasteiger partial charge is 0.487 e. The summed E-state index contributed by atoms with van der Waals surface area (Å²) in [5.41, 5.74) is 5.87. The van der Waals surface area contributed by atoms with Gasteiger partial charge in [-0.05, 0) is 72.3 Å². The van der Waals surface area contributed by atoms with E-state index in [1.165, 1.54) is 0 Å². The quantitative estimate of drug-likeness (QED) is 0.147. The molecule has 244 valence electrons. The van der Waals surface area contributed by atoms with E-state index < -0.39 is 0 Å². The van der Waals surface area contributed by atoms with Crippen molar-refractivity contribution in [3.05, 3.63) is 168 Å². The van der Waals surface area contributed by atoms with E-state index in [4.69, 9.17) is 9.47 Å². The van der Waals surface area contributed by atoms with E-state index in [9.17, 15) is 9.59 Å². The predicted octanol–water partition coefficient (Wildman–Crippen LogP) is 5.99. The first-order valence-corrected chi connectivity index (χ1v) is 15.8. The van der Waals surface area contributed by atoms with Gasteiger partial charge in [0, 0.05) is 49.0 Å². The van der Waals surface area contributed by atoms with Gasteiger partial charge in [0.2, 0.25) is 0 Å². The molecule has 2 amide bonds. The minimum Gasteiger partial charge on any atom is -0.487 e. The lowest BCUT2D eigenvalue weighted by atomic mass is 10.1. The van der Waals surface area contributed by atoms with Crippen molar-refractivity contribution in [2.24, 2.45) is 0 Å². The van der Waals surface area contributed by atoms with Gasteiger partial charge in [0.15, 0.2) is 0 Å². The lowest BCUT2D eigenvalue weighted by Gasteiger charge is -2.10. The van der Waals surface area contributed by atoms with Gasteiger partial charge in [-0.15, -0.1) is 0 Å². The fourth-order valence-corrected chi connectivity index (χ4v) is 4.81. The molecule has 0 fully saturated rings. The smallest absolute Gasteiger partial charge is 0.253 e. The Morgan fingerprint density at radius 2 is 1.18 bits per heavy atom. The molecule has 0 spiro atoms. The van der Waals surface area contributed by atoms with Crippen LogP contribution in [0.4, 0.5) is 0 Å². The molecule has 0 unspecified atom stereocenters. The molecule has 0 aliphatic carbocycles. The van der Waals surface area contributed by atoms with Crippen molar-refractivity contribution in [1.82, 2.24) is 30.6 Å². The van der Waals surface area contributed by atoms with E-state index in [1.807, 2.05) is 84.9 Å². The highest BCUT2D eigenvalue weighted by atomic mass is 16.5. The maximum absolute atomic E-state index is 12.7. The standard InChI is InChI=1S/C39H34N6O4/c46-38(41-20-18-32-8-4-5-19-40-32)30-13-16-35(43-23-30)27-49-37-11-6-7-28(21-37)29-12-15-33(42-22-29)25-45-39(47)31-14-17-34(44-24-31)26-48-36-9-2-1-3-10-36/h1-17,19,21-24H,18,20,25-27H2,(H,41,46)(H,45,47). The average Bonchev–Trinajstić information content (AvgIpc) is 3.17. The zero-order valence-electron chi connectivity index (χ0n) is 26.7. The molecule has 6 aromatic rings. The average molecular weight is 651 g/mol. The van der Waals surface area contributed by atoms with Crippen LogP contribution in [-0.4, -0.2) is 38.3 Å². The van der Waals surface area contributed by atoms with E-state index in [1.54, 1.807) is 49.1 Å². The molecule has 10 nitrogen and oxygen atoms in total. The summed E-state index contributed by atoms with van der Waals surface area (Å²) in [4.78, 5) is 42.7. The van der Waals surface area contributed by atoms with Crippen LogP contribution in [0.3, 0.4) is 0 Å². The number of amides is 2. The first kappa shape index (κ1) is 32.5. The number of ether oxygens (including phenoxy) is 2. The summed E-state index contributed by atoms with van der Waals surface area (Å²) in [6.07, 6.45) is 7.26. The molecule has 0 saturated heterocycles. The van der Waals surface area contributed by atoms with E-state index in [2.05, 4.69) is 30.6 Å². The summed E-state index contributed by atoms with van der Waals surface area (Å²) in [6, 6.07) is 33.8. The number of hydrogen-bond donors (Lipinski definition) is 2. The van der Waals surface area contributed by atoms with Crippen LogP contribution in [0.25, 0.3) is 11.1 Å². The van der Waals surface area contributed by atoms with Crippen LogP contribution in [0.5, 0.6) is 11.5 Å². The monoisotopic (exact) mass is 650 g/mol. The highest BCUT2D eigenvalue weighted by molar-refractivity contribution is 5.94. The molecule has 0 aliphatic heterocycles. The summed E-state index contributed by atoms with van der Waals surface area (Å²) in [5.74, 6) is 1.03. The van der Waals surface area contributed by atoms with Gasteiger partial charge in [-0.2, -0.15) is 0 Å². The van der Waals surface area contributed by atoms with E-state index >= 15 is 0 Å². The summed E-state index contributed by atoms with van der Waals surface area (Å²) >= 11 is 0. The number of para-hydroxylation sites is 1. The molecular formula is C39H34N6O4. The van der Waals surface area contributed by atoms with Crippen molar-refractivity contribution < 1.29 is 19.1 Å². The van der Waals surface area contributed by atoms with Gasteiger partial charge in [0.1, 0.15) is 24.7 Å². The Bertz CT molecular complexity index is 1950. The second-order valence-electron chi connectivity index (χ2n) is 11.0. The Hall–Kier alpha value is -6.42. The molecule has 10 heteroatoms. The molecule has 0 radical (unpaired) electrons. The van der Waals surface area contributed by atoms with Crippen molar-refractivity contribution in [2.75, 3.05) is 6.54 Å². The molecule has 4 heterocycles. The third kappa shape index (κ3) is 9.55. The number of benzene rings is 2. The highest BCUT2D eigenvalue weighted by Crippen LogP contribution is 2.24. The maximum atomic E-state index is 12.7. The second-order valence-corrected chi connectivity index (χ2v) is 11.0. The number of nitrogens with one attached hydrogen (secondary N) is 2. The first-order valence-electron chi connectivity index (χ1n) is 15.8. The third-order valence-corrected chi connectivity index (χ3v) is 7.51. The van der Waals surface area contributed by atoms with Gasteiger partial charge in [-0.1, -0.05) is 42.5 Å². The molecule has 0 bridgehead atoms. The van der Waals surface area contributed by atoms with Gasteiger partial charge in [0.25, 0.3) is 11.8 Å². The minimum atomic E-state index is -0.234. The molecule has 49 heavy (non-hydrogen) atoms. The van der Waals surface area contributed by atoms with Crippen LogP contribution < -0.4 is 20.1 Å². The zero-order valence-corrected chi connectivity index (χ0v) is 26.7. The summed E-state index contributed by atoms with van der Waals surface area (Å²) in [5, 5.41) is 5.79. The Morgan fingerprint density at radius 1 is 0.531 bits per heavy atom. The van der Waals surface area contributed by atoms with Gasteiger partial charge in [-0.3, -0.25) is 29.5 Å². The number of pyridine rings is 4. The van der Waals surface area contributed by atoms with Gasteiger partial charge in [0.05, 0.1) is 34.8 Å². The fraction of sp³-hybridized carbons (Fsp3) is 0.128. The van der Waals surface area contributed by atoms with E-state index in [0.29, 0.717) is 42.1 Å². The molecule has 6 rings (SSSR count). The minimum absolute atomic E-state index is 0.182. The van der Waals surface area contributed by atoms with Crippen LogP contribution in [-0.2, 0) is 26.2 Å². The van der Waals surface area contributed by atoms with Gasteiger partial charge >= 0.3 is 0 Å². The van der Waals surface area contributed by atoms with Crippen molar-refractivity contribution in [3.63, 3.8) is 0 Å². The number of rotatable bonds is 14. The third-order valence-electron chi connectivity index (χ3n) is 7.51. The van der Waals surface area contributed by atoms with Crippen molar-refractivity contribution in [2.45, 2.75) is 26.2 Å². The lowest BCUT2D eigenvalue weighted by molar-refractivity contribution is 0.0943. The van der Waals surface area contributed by atoms with Crippen molar-refractivity contribution in [1.29, 1.82) is 0 Å². The molecule has 0 aliphatic rings. The Kier molecular flexibility index (Phi) is 10.9. The normalized spacial score (nSPS) is 10.6. The molecule has 4 aromatic heterocycles.